The van der Waals surface area contributed by atoms with Crippen LogP contribution in [0.5, 0.6) is 0 Å². The van der Waals surface area contributed by atoms with Gasteiger partial charge in [-0.25, -0.2) is 13.1 Å². The molecule has 116 valence electrons. The standard InChI is InChI=1S/C12H21BrN2O4S/c1-4-5-14-7-10-6-11(12(13)19-10)20(16,17)15-9(2)8-18-3/h6,9,14-15H,4-5,7-8H2,1-3H3. The molecule has 6 nitrogen and oxygen atoms in total. The Balaban J connectivity index is 2.79. The number of nitrogens with one attached hydrogen (secondary N) is 2. The third kappa shape index (κ3) is 5.17. The molecule has 8 heteroatoms. The Hall–Kier alpha value is -0.410. The molecule has 0 aliphatic carbocycles. The average Bonchev–Trinajstić information content (AvgIpc) is 2.71. The number of furan rings is 1. The van der Waals surface area contributed by atoms with Gasteiger partial charge >= 0.3 is 0 Å². The van der Waals surface area contributed by atoms with Gasteiger partial charge in [0.2, 0.25) is 10.0 Å². The Kier molecular flexibility index (Phi) is 7.18. The molecule has 0 spiro atoms. The lowest BCUT2D eigenvalue weighted by Crippen LogP contribution is -2.35. The molecule has 1 aromatic heterocycles. The fraction of sp³-hybridized carbons (Fsp3) is 0.667. The molecule has 0 fully saturated rings. The van der Waals surface area contributed by atoms with Crippen molar-refractivity contribution in [3.8, 4) is 0 Å². The monoisotopic (exact) mass is 368 g/mol. The molecule has 1 heterocycles. The van der Waals surface area contributed by atoms with Crippen LogP contribution in [-0.4, -0.2) is 34.7 Å². The van der Waals surface area contributed by atoms with Crippen LogP contribution in [0.15, 0.2) is 20.0 Å². The number of rotatable bonds is 9. The second-order valence-corrected chi connectivity index (χ2v) is 6.91. The van der Waals surface area contributed by atoms with Crippen LogP contribution in [0.3, 0.4) is 0 Å². The van der Waals surface area contributed by atoms with Crippen molar-refractivity contribution in [3.63, 3.8) is 0 Å². The second kappa shape index (κ2) is 8.14. The summed E-state index contributed by atoms with van der Waals surface area (Å²) in [5.41, 5.74) is 0. The minimum Gasteiger partial charge on any atom is -0.452 e. The zero-order chi connectivity index (χ0) is 15.2. The fourth-order valence-electron chi connectivity index (χ4n) is 1.67. The summed E-state index contributed by atoms with van der Waals surface area (Å²) < 4.78 is 37.5. The first kappa shape index (κ1) is 17.6. The van der Waals surface area contributed by atoms with Crippen molar-refractivity contribution in [1.29, 1.82) is 0 Å². The lowest BCUT2D eigenvalue weighted by molar-refractivity contribution is 0.180. The molecule has 0 aliphatic rings. The summed E-state index contributed by atoms with van der Waals surface area (Å²) in [5.74, 6) is 0.574. The first-order valence-corrected chi connectivity index (χ1v) is 8.68. The van der Waals surface area contributed by atoms with Crippen molar-refractivity contribution < 1.29 is 17.6 Å². The lowest BCUT2D eigenvalue weighted by atomic mass is 10.4. The first-order valence-electron chi connectivity index (χ1n) is 6.41. The second-order valence-electron chi connectivity index (χ2n) is 4.51. The summed E-state index contributed by atoms with van der Waals surface area (Å²) in [7, 11) is -2.10. The third-order valence-corrected chi connectivity index (χ3v) is 4.94. The summed E-state index contributed by atoms with van der Waals surface area (Å²) in [6, 6.07) is 1.21. The van der Waals surface area contributed by atoms with Crippen LogP contribution in [0.25, 0.3) is 0 Å². The number of sulfonamides is 1. The van der Waals surface area contributed by atoms with Crippen molar-refractivity contribution in [1.82, 2.24) is 10.0 Å². The van der Waals surface area contributed by atoms with Crippen molar-refractivity contribution in [2.45, 2.75) is 37.8 Å². The largest absolute Gasteiger partial charge is 0.452 e. The summed E-state index contributed by atoms with van der Waals surface area (Å²) in [6.45, 7) is 5.44. The van der Waals surface area contributed by atoms with Gasteiger partial charge in [0.15, 0.2) is 4.67 Å². The Morgan fingerprint density at radius 1 is 1.50 bits per heavy atom. The van der Waals surface area contributed by atoms with E-state index in [-0.39, 0.29) is 15.6 Å². The van der Waals surface area contributed by atoms with Crippen LogP contribution in [0.2, 0.25) is 0 Å². The maximum Gasteiger partial charge on any atom is 0.245 e. The summed E-state index contributed by atoms with van der Waals surface area (Å²) in [6.07, 6.45) is 1.00. The maximum absolute atomic E-state index is 12.2. The van der Waals surface area contributed by atoms with Crippen molar-refractivity contribution in [3.05, 3.63) is 16.5 Å². The minimum absolute atomic E-state index is 0.105. The molecule has 2 N–H and O–H groups in total. The number of methoxy groups -OCH3 is 1. The van der Waals surface area contributed by atoms with E-state index in [1.54, 1.807) is 6.92 Å². The molecule has 0 saturated heterocycles. The van der Waals surface area contributed by atoms with Gasteiger partial charge in [0.05, 0.1) is 13.2 Å². The van der Waals surface area contributed by atoms with E-state index in [1.165, 1.54) is 13.2 Å². The maximum atomic E-state index is 12.2. The van der Waals surface area contributed by atoms with Crippen LogP contribution in [0, 0.1) is 0 Å². The van der Waals surface area contributed by atoms with Crippen molar-refractivity contribution in [2.24, 2.45) is 0 Å². The molecule has 0 saturated carbocycles. The van der Waals surface area contributed by atoms with Gasteiger partial charge in [0.25, 0.3) is 0 Å². The van der Waals surface area contributed by atoms with E-state index in [9.17, 15) is 8.42 Å². The summed E-state index contributed by atoms with van der Waals surface area (Å²) >= 11 is 3.15. The van der Waals surface area contributed by atoms with E-state index < -0.39 is 10.0 Å². The predicted molar refractivity (Wildman–Crippen MR) is 80.1 cm³/mol. The normalized spacial score (nSPS) is 13.6. The molecule has 20 heavy (non-hydrogen) atoms. The Labute approximate surface area is 128 Å². The molecular formula is C12H21BrN2O4S. The highest BCUT2D eigenvalue weighted by Gasteiger charge is 2.24. The van der Waals surface area contributed by atoms with Gasteiger partial charge in [0, 0.05) is 19.2 Å². The van der Waals surface area contributed by atoms with E-state index in [0.717, 1.165) is 13.0 Å². The molecule has 0 aliphatic heterocycles. The highest BCUT2D eigenvalue weighted by molar-refractivity contribution is 9.10. The Morgan fingerprint density at radius 3 is 2.80 bits per heavy atom. The third-order valence-electron chi connectivity index (χ3n) is 2.50. The van der Waals surface area contributed by atoms with E-state index in [0.29, 0.717) is 18.9 Å². The summed E-state index contributed by atoms with van der Waals surface area (Å²) in [4.78, 5) is 0.105. The van der Waals surface area contributed by atoms with E-state index in [4.69, 9.17) is 9.15 Å². The smallest absolute Gasteiger partial charge is 0.245 e. The fourth-order valence-corrected chi connectivity index (χ4v) is 3.89. The SMILES string of the molecule is CCCNCc1cc(S(=O)(=O)NC(C)COC)c(Br)o1. The van der Waals surface area contributed by atoms with Crippen molar-refractivity contribution >= 4 is 26.0 Å². The number of hydrogen-bond acceptors (Lipinski definition) is 5. The topological polar surface area (TPSA) is 80.6 Å². The number of hydrogen-bond donors (Lipinski definition) is 2. The molecule has 0 radical (unpaired) electrons. The molecular weight excluding hydrogens is 348 g/mol. The highest BCUT2D eigenvalue weighted by atomic mass is 79.9. The predicted octanol–water partition coefficient (Wildman–Crippen LogP) is 1.85. The molecule has 1 aromatic rings. The number of halogens is 1. The lowest BCUT2D eigenvalue weighted by Gasteiger charge is -2.12. The van der Waals surface area contributed by atoms with E-state index in [1.807, 2.05) is 0 Å². The molecule has 0 aromatic carbocycles. The molecule has 1 rings (SSSR count). The zero-order valence-electron chi connectivity index (χ0n) is 11.9. The van der Waals surface area contributed by atoms with Gasteiger partial charge in [-0.05, 0) is 35.8 Å². The minimum atomic E-state index is -3.62. The Morgan fingerprint density at radius 2 is 2.20 bits per heavy atom. The van der Waals surface area contributed by atoms with Crippen molar-refractivity contribution in [2.75, 3.05) is 20.3 Å². The van der Waals surface area contributed by atoms with E-state index >= 15 is 0 Å². The summed E-state index contributed by atoms with van der Waals surface area (Å²) in [5, 5.41) is 3.15. The molecule has 1 unspecified atom stereocenters. The first-order chi connectivity index (χ1) is 9.40. The van der Waals surface area contributed by atoms with Crippen LogP contribution in [-0.2, 0) is 21.3 Å². The van der Waals surface area contributed by atoms with Gasteiger partial charge < -0.3 is 14.5 Å². The van der Waals surface area contributed by atoms with Gasteiger partial charge in [-0.1, -0.05) is 6.92 Å². The average molecular weight is 369 g/mol. The van der Waals surface area contributed by atoms with Gasteiger partial charge in [-0.2, -0.15) is 0 Å². The molecule has 1 atom stereocenters. The van der Waals surface area contributed by atoms with Crippen LogP contribution >= 0.6 is 15.9 Å². The highest BCUT2D eigenvalue weighted by Crippen LogP contribution is 2.26. The van der Waals surface area contributed by atoms with Crippen LogP contribution in [0.4, 0.5) is 0 Å². The molecule has 0 amide bonds. The van der Waals surface area contributed by atoms with Crippen LogP contribution < -0.4 is 10.0 Å². The Bertz CT molecular complexity index is 516. The quantitative estimate of drug-likeness (QED) is 0.650. The zero-order valence-corrected chi connectivity index (χ0v) is 14.3. The number of ether oxygens (including phenoxy) is 1. The van der Waals surface area contributed by atoms with E-state index in [2.05, 4.69) is 32.9 Å². The van der Waals surface area contributed by atoms with Crippen LogP contribution in [0.1, 0.15) is 26.0 Å². The van der Waals surface area contributed by atoms with Gasteiger partial charge in [-0.15, -0.1) is 0 Å². The van der Waals surface area contributed by atoms with Gasteiger partial charge in [-0.3, -0.25) is 0 Å². The molecule has 0 bridgehead atoms. The van der Waals surface area contributed by atoms with Gasteiger partial charge in [0.1, 0.15) is 10.7 Å².